The van der Waals surface area contributed by atoms with Crippen LogP contribution in [0, 0.1) is 34.5 Å². The number of nitrogens with zero attached hydrogens (tertiary/aromatic N) is 2. The second-order valence-corrected chi connectivity index (χ2v) is 12.5. The lowest BCUT2D eigenvalue weighted by Crippen LogP contribution is -2.66. The predicted molar refractivity (Wildman–Crippen MR) is 126 cm³/mol. The normalized spacial score (nSPS) is 47.9. The molecule has 1 aliphatic heterocycles. The number of piperazine rings is 1. The number of carbonyl (C=O) groups is 2. The van der Waals surface area contributed by atoms with Gasteiger partial charge in [-0.3, -0.25) is 4.79 Å². The van der Waals surface area contributed by atoms with Crippen LogP contribution >= 0.6 is 0 Å². The van der Waals surface area contributed by atoms with Crippen LogP contribution in [-0.2, 0) is 9.53 Å². The monoisotopic (exact) mass is 461 g/mol. The second kappa shape index (κ2) is 8.11. The number of fused-ring (bicyclic) bond motifs is 5. The number of carbonyl (C=O) groups excluding carboxylic acids is 1. The molecule has 5 aliphatic rings. The number of carboxylic acids is 1. The molecule has 0 aromatic rings. The van der Waals surface area contributed by atoms with Crippen LogP contribution in [-0.4, -0.2) is 71.8 Å². The quantitative estimate of drug-likeness (QED) is 0.653. The average Bonchev–Trinajstić information content (AvgIpc) is 3.06. The van der Waals surface area contributed by atoms with Crippen molar-refractivity contribution in [2.45, 2.75) is 83.3 Å². The number of amides is 1. The Balaban J connectivity index is 1.26. The fourth-order valence-corrected chi connectivity index (χ4v) is 9.00. The summed E-state index contributed by atoms with van der Waals surface area (Å²) in [5.74, 6) is 0.550. The Morgan fingerprint density at radius 2 is 1.67 bits per heavy atom. The van der Waals surface area contributed by atoms with Gasteiger partial charge in [-0.2, -0.15) is 0 Å². The third kappa shape index (κ3) is 3.51. The molecule has 1 heterocycles. The van der Waals surface area contributed by atoms with Crippen molar-refractivity contribution >= 4 is 12.1 Å². The van der Waals surface area contributed by atoms with Gasteiger partial charge in [-0.15, -0.1) is 0 Å². The van der Waals surface area contributed by atoms with E-state index >= 15 is 0 Å². The molecular formula is C26H43N3O4. The molecule has 4 aliphatic carbocycles. The van der Waals surface area contributed by atoms with Gasteiger partial charge in [-0.1, -0.05) is 13.8 Å². The van der Waals surface area contributed by atoms with Crippen LogP contribution in [0.4, 0.5) is 4.79 Å². The van der Waals surface area contributed by atoms with E-state index in [1.807, 2.05) is 4.90 Å². The summed E-state index contributed by atoms with van der Waals surface area (Å²) in [7, 11) is 2.09. The van der Waals surface area contributed by atoms with E-state index in [1.165, 1.54) is 0 Å². The van der Waals surface area contributed by atoms with Crippen molar-refractivity contribution in [3.8, 4) is 0 Å². The van der Waals surface area contributed by atoms with Crippen LogP contribution in [0.15, 0.2) is 0 Å². The first-order valence-electron chi connectivity index (χ1n) is 13.2. The van der Waals surface area contributed by atoms with Gasteiger partial charge in [-0.25, -0.2) is 4.79 Å². The zero-order valence-corrected chi connectivity index (χ0v) is 20.7. The molecule has 0 spiro atoms. The van der Waals surface area contributed by atoms with Crippen molar-refractivity contribution in [2.75, 3.05) is 33.2 Å². The number of likely N-dealkylation sites (N-methyl/N-ethyl adjacent to an activating group) is 1. The van der Waals surface area contributed by atoms with Gasteiger partial charge < -0.3 is 25.4 Å². The highest BCUT2D eigenvalue weighted by Gasteiger charge is 2.67. The van der Waals surface area contributed by atoms with Crippen LogP contribution in [0.2, 0.25) is 0 Å². The number of nitrogens with two attached hydrogens (primary N) is 1. The molecule has 5 rings (SSSR count). The maximum absolute atomic E-state index is 12.7. The second-order valence-electron chi connectivity index (χ2n) is 12.5. The van der Waals surface area contributed by atoms with E-state index in [2.05, 4.69) is 25.8 Å². The van der Waals surface area contributed by atoms with Crippen LogP contribution in [0.1, 0.15) is 71.6 Å². The molecule has 3 N–H and O–H groups in total. The van der Waals surface area contributed by atoms with Crippen molar-refractivity contribution in [2.24, 2.45) is 40.2 Å². The number of hydrogen-bond acceptors (Lipinski definition) is 5. The molecule has 0 aromatic carbocycles. The van der Waals surface area contributed by atoms with Crippen LogP contribution < -0.4 is 5.73 Å². The van der Waals surface area contributed by atoms with Crippen LogP contribution in [0.3, 0.4) is 0 Å². The van der Waals surface area contributed by atoms with Gasteiger partial charge >= 0.3 is 12.1 Å². The van der Waals surface area contributed by atoms with E-state index in [1.54, 1.807) is 0 Å². The largest absolute Gasteiger partial charge is 0.481 e. The Kier molecular flexibility index (Phi) is 5.75. The lowest BCUT2D eigenvalue weighted by atomic mass is 9.42. The fourth-order valence-electron chi connectivity index (χ4n) is 9.00. The van der Waals surface area contributed by atoms with E-state index < -0.39 is 5.97 Å². The molecule has 1 amide bonds. The molecule has 3 unspecified atom stereocenters. The zero-order valence-electron chi connectivity index (χ0n) is 20.7. The van der Waals surface area contributed by atoms with Crippen molar-refractivity contribution in [1.82, 2.24) is 9.80 Å². The molecule has 1 saturated heterocycles. The molecule has 0 radical (unpaired) electrons. The average molecular weight is 462 g/mol. The number of rotatable bonds is 2. The van der Waals surface area contributed by atoms with E-state index in [-0.39, 0.29) is 34.5 Å². The van der Waals surface area contributed by atoms with E-state index in [0.29, 0.717) is 17.8 Å². The number of carboxylic acid groups (broad SMARTS) is 1. The Labute approximate surface area is 198 Å². The summed E-state index contributed by atoms with van der Waals surface area (Å²) in [6.07, 6.45) is 8.64. The topological polar surface area (TPSA) is 96.1 Å². The van der Waals surface area contributed by atoms with Crippen molar-refractivity contribution < 1.29 is 19.4 Å². The molecule has 4 saturated carbocycles. The van der Waals surface area contributed by atoms with Crippen molar-refractivity contribution in [3.63, 3.8) is 0 Å². The number of aliphatic carboxylic acids is 1. The Morgan fingerprint density at radius 3 is 2.36 bits per heavy atom. The van der Waals surface area contributed by atoms with Crippen LogP contribution in [0.25, 0.3) is 0 Å². The Bertz CT molecular complexity index is 798. The highest BCUT2D eigenvalue weighted by atomic mass is 16.6. The summed E-state index contributed by atoms with van der Waals surface area (Å²) in [5, 5.41) is 9.87. The van der Waals surface area contributed by atoms with E-state index in [9.17, 15) is 14.7 Å². The summed E-state index contributed by atoms with van der Waals surface area (Å²) in [6.45, 7) is 7.95. The third-order valence-electron chi connectivity index (χ3n) is 11.3. The maximum atomic E-state index is 12.7. The summed E-state index contributed by atoms with van der Waals surface area (Å²) in [6, 6.07) is 0. The van der Waals surface area contributed by atoms with Gasteiger partial charge in [-0.05, 0) is 93.4 Å². The summed E-state index contributed by atoms with van der Waals surface area (Å²) >= 11 is 0. The maximum Gasteiger partial charge on any atom is 0.410 e. The molecule has 7 heteroatoms. The molecule has 186 valence electrons. The van der Waals surface area contributed by atoms with Gasteiger partial charge in [0.25, 0.3) is 0 Å². The number of hydrogen-bond donors (Lipinski definition) is 2. The highest BCUT2D eigenvalue weighted by molar-refractivity contribution is 5.72. The number of ether oxygens (including phenoxy) is 1. The first-order chi connectivity index (χ1) is 15.6. The van der Waals surface area contributed by atoms with Crippen LogP contribution in [0.5, 0.6) is 0 Å². The van der Waals surface area contributed by atoms with Crippen molar-refractivity contribution in [3.05, 3.63) is 0 Å². The van der Waals surface area contributed by atoms with E-state index in [4.69, 9.17) is 10.5 Å². The minimum atomic E-state index is -0.661. The van der Waals surface area contributed by atoms with Gasteiger partial charge in [0.15, 0.2) is 0 Å². The van der Waals surface area contributed by atoms with E-state index in [0.717, 1.165) is 84.0 Å². The summed E-state index contributed by atoms with van der Waals surface area (Å²) in [5.41, 5.74) is 6.77. The minimum Gasteiger partial charge on any atom is -0.481 e. The smallest absolute Gasteiger partial charge is 0.410 e. The molecule has 7 nitrogen and oxygen atoms in total. The molecule has 0 bridgehead atoms. The molecule has 0 aromatic heterocycles. The first kappa shape index (κ1) is 23.4. The van der Waals surface area contributed by atoms with Gasteiger partial charge in [0.1, 0.15) is 6.10 Å². The summed E-state index contributed by atoms with van der Waals surface area (Å²) in [4.78, 5) is 28.9. The third-order valence-corrected chi connectivity index (χ3v) is 11.3. The van der Waals surface area contributed by atoms with Gasteiger partial charge in [0.2, 0.25) is 0 Å². The molecule has 5 fully saturated rings. The fraction of sp³-hybridized carbons (Fsp3) is 0.923. The Hall–Kier alpha value is -1.34. The molecule has 33 heavy (non-hydrogen) atoms. The molecule has 8 atom stereocenters. The van der Waals surface area contributed by atoms with Gasteiger partial charge in [0.05, 0.1) is 5.92 Å². The standard InChI is InChI=1S/C26H43N3O4/c1-24-9-6-18(33-23(32)29-14-12-28(3)13-15-29)16-17(24)4-5-20-19(24)7-10-25(2)21(22(30)31)8-11-26(20,25)27/h17-21H,4-16,27H2,1-3H3,(H,30,31)/t17?,18?,19-,20-,21?,24+,25-,26-/m1/s1. The lowest BCUT2D eigenvalue weighted by molar-refractivity contribution is -0.157. The predicted octanol–water partition coefficient (Wildman–Crippen LogP) is 3.56. The zero-order chi connectivity index (χ0) is 23.6. The first-order valence-corrected chi connectivity index (χ1v) is 13.2. The molecular weight excluding hydrogens is 418 g/mol. The van der Waals surface area contributed by atoms with Gasteiger partial charge in [0, 0.05) is 31.7 Å². The lowest BCUT2D eigenvalue weighted by Gasteiger charge is -2.64. The Morgan fingerprint density at radius 1 is 0.939 bits per heavy atom. The highest BCUT2D eigenvalue weighted by Crippen LogP contribution is 2.68. The summed E-state index contributed by atoms with van der Waals surface area (Å²) < 4.78 is 6.02. The van der Waals surface area contributed by atoms with Crippen molar-refractivity contribution in [1.29, 1.82) is 0 Å². The SMILES string of the molecule is CN1CCN(C(=O)OC2CC[C@@]3(C)C(CC[C@@H]4[C@H]3CC[C@]3(C)C(C(=O)O)CC[C@@]43N)C2)CC1. The minimum absolute atomic E-state index is 0.0235.